The summed E-state index contributed by atoms with van der Waals surface area (Å²) in [5, 5.41) is 8.63. The molecule has 0 radical (unpaired) electrons. The number of nitrogens with two attached hydrogens (primary N) is 1. The zero-order chi connectivity index (χ0) is 10.7. The summed E-state index contributed by atoms with van der Waals surface area (Å²) < 4.78 is 25.1. The Balaban J connectivity index is 3.32. The van der Waals surface area contributed by atoms with Gasteiger partial charge in [0.1, 0.15) is 17.5 Å². The van der Waals surface area contributed by atoms with Crippen LogP contribution < -0.4 is 5.73 Å². The summed E-state index contributed by atoms with van der Waals surface area (Å²) in [5.41, 5.74) is 5.44. The summed E-state index contributed by atoms with van der Waals surface area (Å²) in [6, 6.07) is 3.21. The fraction of sp³-hybridized carbons (Fsp3) is 0.250. The van der Waals surface area contributed by atoms with Gasteiger partial charge in [0.05, 0.1) is 0 Å². The molecule has 0 aliphatic rings. The minimum atomic E-state index is -2.67. The molecule has 0 amide bonds. The predicted octanol–water partition coefficient (Wildman–Crippen LogP) is 1.95. The van der Waals surface area contributed by atoms with Crippen molar-refractivity contribution in [3.05, 3.63) is 26.6 Å². The Bertz CT molecular complexity index is 387. The van der Waals surface area contributed by atoms with Gasteiger partial charge in [0.15, 0.2) is 0 Å². The second kappa shape index (κ2) is 4.61. The molecular formula is C8H6F2IN3. The molecule has 0 unspecified atom stereocenters. The van der Waals surface area contributed by atoms with Gasteiger partial charge in [-0.2, -0.15) is 5.26 Å². The van der Waals surface area contributed by atoms with Crippen LogP contribution in [-0.2, 0) is 6.54 Å². The number of nitriles is 1. The highest BCUT2D eigenvalue weighted by molar-refractivity contribution is 14.1. The van der Waals surface area contributed by atoms with Gasteiger partial charge in [0.2, 0.25) is 0 Å². The van der Waals surface area contributed by atoms with Crippen molar-refractivity contribution in [3.63, 3.8) is 0 Å². The second-order valence-electron chi connectivity index (χ2n) is 2.48. The van der Waals surface area contributed by atoms with Crippen molar-refractivity contribution in [3.8, 4) is 6.07 Å². The molecule has 0 aliphatic heterocycles. The van der Waals surface area contributed by atoms with E-state index in [9.17, 15) is 8.78 Å². The van der Waals surface area contributed by atoms with Gasteiger partial charge in [-0.05, 0) is 28.7 Å². The van der Waals surface area contributed by atoms with E-state index in [1.165, 1.54) is 6.07 Å². The second-order valence-corrected chi connectivity index (χ2v) is 3.64. The number of hydrogen-bond acceptors (Lipinski definition) is 3. The molecule has 0 aliphatic carbocycles. The van der Waals surface area contributed by atoms with Gasteiger partial charge in [0, 0.05) is 15.7 Å². The van der Waals surface area contributed by atoms with E-state index in [2.05, 4.69) is 4.98 Å². The molecule has 14 heavy (non-hydrogen) atoms. The standard InChI is InChI=1S/C8H6F2IN3/c9-8(10)7-5(11)1-4(2-12)6(3-13)14-7/h1,8H,2,12H2. The number of halogens is 3. The van der Waals surface area contributed by atoms with E-state index in [0.717, 1.165) is 0 Å². The lowest BCUT2D eigenvalue weighted by atomic mass is 10.2. The van der Waals surface area contributed by atoms with Crippen LogP contribution in [0.1, 0.15) is 23.4 Å². The lowest BCUT2D eigenvalue weighted by Gasteiger charge is -2.06. The van der Waals surface area contributed by atoms with Crippen LogP contribution in [0.2, 0.25) is 0 Å². The molecule has 0 atom stereocenters. The number of pyridine rings is 1. The monoisotopic (exact) mass is 309 g/mol. The number of aromatic nitrogens is 1. The Morgan fingerprint density at radius 1 is 1.64 bits per heavy atom. The van der Waals surface area contributed by atoms with Crippen molar-refractivity contribution >= 4 is 22.6 Å². The zero-order valence-corrected chi connectivity index (χ0v) is 9.12. The molecule has 3 nitrogen and oxygen atoms in total. The van der Waals surface area contributed by atoms with E-state index in [-0.39, 0.29) is 17.9 Å². The molecular weight excluding hydrogens is 303 g/mol. The molecule has 1 rings (SSSR count). The Morgan fingerprint density at radius 2 is 2.29 bits per heavy atom. The third-order valence-electron chi connectivity index (χ3n) is 1.61. The van der Waals surface area contributed by atoms with Crippen molar-refractivity contribution in [1.82, 2.24) is 4.98 Å². The molecule has 0 spiro atoms. The van der Waals surface area contributed by atoms with Crippen molar-refractivity contribution in [2.24, 2.45) is 5.73 Å². The van der Waals surface area contributed by atoms with Crippen LogP contribution in [0.15, 0.2) is 6.07 Å². The molecule has 1 aromatic heterocycles. The maximum atomic E-state index is 12.4. The highest BCUT2D eigenvalue weighted by Crippen LogP contribution is 2.24. The van der Waals surface area contributed by atoms with Crippen LogP contribution in [0.4, 0.5) is 8.78 Å². The molecule has 0 bridgehead atoms. The molecule has 74 valence electrons. The number of rotatable bonds is 2. The van der Waals surface area contributed by atoms with Crippen molar-refractivity contribution in [2.45, 2.75) is 13.0 Å². The van der Waals surface area contributed by atoms with Crippen LogP contribution in [0.3, 0.4) is 0 Å². The minimum absolute atomic E-state index is 0.0248. The topological polar surface area (TPSA) is 62.7 Å². The number of nitrogens with zero attached hydrogens (tertiary/aromatic N) is 2. The molecule has 2 N–H and O–H groups in total. The third kappa shape index (κ3) is 2.16. The summed E-state index contributed by atoms with van der Waals surface area (Å²) in [5.74, 6) is 0. The van der Waals surface area contributed by atoms with Gasteiger partial charge in [0.25, 0.3) is 6.43 Å². The van der Waals surface area contributed by atoms with Crippen LogP contribution in [0, 0.1) is 14.9 Å². The van der Waals surface area contributed by atoms with Gasteiger partial charge >= 0.3 is 0 Å². The normalized spacial score (nSPS) is 10.3. The first-order valence-corrected chi connectivity index (χ1v) is 4.75. The molecule has 1 heterocycles. The zero-order valence-electron chi connectivity index (χ0n) is 6.97. The van der Waals surface area contributed by atoms with E-state index >= 15 is 0 Å². The van der Waals surface area contributed by atoms with Gasteiger partial charge in [-0.15, -0.1) is 0 Å². The Morgan fingerprint density at radius 3 is 2.71 bits per heavy atom. The summed E-state index contributed by atoms with van der Waals surface area (Å²) in [6.07, 6.45) is -2.67. The maximum absolute atomic E-state index is 12.4. The smallest absolute Gasteiger partial charge is 0.281 e. The highest BCUT2D eigenvalue weighted by Gasteiger charge is 2.16. The number of alkyl halides is 2. The first-order chi connectivity index (χ1) is 6.60. The van der Waals surface area contributed by atoms with Crippen molar-refractivity contribution in [2.75, 3.05) is 0 Å². The first-order valence-electron chi connectivity index (χ1n) is 3.67. The van der Waals surface area contributed by atoms with E-state index < -0.39 is 6.43 Å². The summed E-state index contributed by atoms with van der Waals surface area (Å²) in [4.78, 5) is 3.56. The lowest BCUT2D eigenvalue weighted by molar-refractivity contribution is 0.145. The third-order valence-corrected chi connectivity index (χ3v) is 2.48. The van der Waals surface area contributed by atoms with Crippen LogP contribution >= 0.6 is 22.6 Å². The molecule has 6 heteroatoms. The van der Waals surface area contributed by atoms with Crippen LogP contribution in [0.25, 0.3) is 0 Å². The predicted molar refractivity (Wildman–Crippen MR) is 54.5 cm³/mol. The van der Waals surface area contributed by atoms with E-state index in [4.69, 9.17) is 11.0 Å². The SMILES string of the molecule is N#Cc1nc(C(F)F)c(I)cc1CN. The average Bonchev–Trinajstić information content (AvgIpc) is 2.16. The molecule has 0 fully saturated rings. The summed E-state index contributed by atoms with van der Waals surface area (Å²) in [6.45, 7) is 0.120. The van der Waals surface area contributed by atoms with Crippen LogP contribution in [-0.4, -0.2) is 4.98 Å². The minimum Gasteiger partial charge on any atom is -0.326 e. The maximum Gasteiger partial charge on any atom is 0.281 e. The van der Waals surface area contributed by atoms with E-state index in [1.807, 2.05) is 0 Å². The van der Waals surface area contributed by atoms with E-state index in [1.54, 1.807) is 28.7 Å². The van der Waals surface area contributed by atoms with Gasteiger partial charge in [-0.3, -0.25) is 0 Å². The van der Waals surface area contributed by atoms with Gasteiger partial charge in [-0.1, -0.05) is 0 Å². The van der Waals surface area contributed by atoms with Crippen molar-refractivity contribution < 1.29 is 8.78 Å². The first kappa shape index (κ1) is 11.3. The van der Waals surface area contributed by atoms with Crippen molar-refractivity contribution in [1.29, 1.82) is 5.26 Å². The molecule has 0 saturated carbocycles. The Kier molecular flexibility index (Phi) is 3.71. The lowest BCUT2D eigenvalue weighted by Crippen LogP contribution is -2.06. The molecule has 0 aromatic carbocycles. The Hall–Kier alpha value is -0.810. The van der Waals surface area contributed by atoms with E-state index in [0.29, 0.717) is 9.13 Å². The number of hydrogen-bond donors (Lipinski definition) is 1. The Labute approximate surface area is 93.1 Å². The highest BCUT2D eigenvalue weighted by atomic mass is 127. The fourth-order valence-electron chi connectivity index (χ4n) is 0.946. The van der Waals surface area contributed by atoms with Gasteiger partial charge in [-0.25, -0.2) is 13.8 Å². The fourth-order valence-corrected chi connectivity index (χ4v) is 1.68. The summed E-state index contributed by atoms with van der Waals surface area (Å²) >= 11 is 1.75. The molecule has 1 aromatic rings. The average molecular weight is 309 g/mol. The summed E-state index contributed by atoms with van der Waals surface area (Å²) in [7, 11) is 0. The largest absolute Gasteiger partial charge is 0.326 e. The molecule has 0 saturated heterocycles. The quantitative estimate of drug-likeness (QED) is 0.849. The van der Waals surface area contributed by atoms with Gasteiger partial charge < -0.3 is 5.73 Å². The van der Waals surface area contributed by atoms with Crippen LogP contribution in [0.5, 0.6) is 0 Å².